The molecule has 0 spiro atoms. The first-order valence-corrected chi connectivity index (χ1v) is 7.23. The van der Waals surface area contributed by atoms with Crippen LogP contribution in [0.25, 0.3) is 11.1 Å². The van der Waals surface area contributed by atoms with Gasteiger partial charge in [0, 0.05) is 17.5 Å². The van der Waals surface area contributed by atoms with Gasteiger partial charge in [-0.1, -0.05) is 18.2 Å². The lowest BCUT2D eigenvalue weighted by atomic mass is 10.1. The quantitative estimate of drug-likeness (QED) is 0.790. The summed E-state index contributed by atoms with van der Waals surface area (Å²) < 4.78 is 10.2. The van der Waals surface area contributed by atoms with Crippen LogP contribution < -0.4 is 10.2 Å². The molecule has 0 amide bonds. The van der Waals surface area contributed by atoms with Crippen molar-refractivity contribution in [3.8, 4) is 16.9 Å². The lowest BCUT2D eigenvalue weighted by Crippen LogP contribution is -2.26. The van der Waals surface area contributed by atoms with Gasteiger partial charge in [0.05, 0.1) is 0 Å². The van der Waals surface area contributed by atoms with Gasteiger partial charge in [-0.2, -0.15) is 0 Å². The van der Waals surface area contributed by atoms with E-state index in [0.29, 0.717) is 0 Å². The standard InChI is InChI=1S/C18H19NO4/c1-12-14(8-6-10-19-12)13-7-5-9-15(20)16(11-13)22-17(21)23-18(2,3)4/h5-11H,1-4H3. The molecular weight excluding hydrogens is 294 g/mol. The van der Waals surface area contributed by atoms with Gasteiger partial charge < -0.3 is 9.47 Å². The largest absolute Gasteiger partial charge is 0.514 e. The van der Waals surface area contributed by atoms with Crippen molar-refractivity contribution in [2.45, 2.75) is 33.3 Å². The summed E-state index contributed by atoms with van der Waals surface area (Å²) >= 11 is 0. The van der Waals surface area contributed by atoms with E-state index in [9.17, 15) is 9.59 Å². The van der Waals surface area contributed by atoms with Crippen LogP contribution in [-0.4, -0.2) is 16.7 Å². The van der Waals surface area contributed by atoms with Gasteiger partial charge in [0.25, 0.3) is 0 Å². The normalized spacial score (nSPS) is 11.0. The topological polar surface area (TPSA) is 65.5 Å². The van der Waals surface area contributed by atoms with Gasteiger partial charge in [0.15, 0.2) is 5.75 Å². The van der Waals surface area contributed by atoms with Crippen molar-refractivity contribution >= 4 is 6.16 Å². The molecule has 0 N–H and O–H groups in total. The molecule has 2 rings (SSSR count). The van der Waals surface area contributed by atoms with E-state index in [1.807, 2.05) is 19.1 Å². The Morgan fingerprint density at radius 1 is 1.13 bits per heavy atom. The predicted octanol–water partition coefficient (Wildman–Crippen LogP) is 3.73. The number of pyridine rings is 1. The van der Waals surface area contributed by atoms with Crippen molar-refractivity contribution in [1.82, 2.24) is 4.98 Å². The lowest BCUT2D eigenvalue weighted by molar-refractivity contribution is 0.0204. The Morgan fingerprint density at radius 3 is 2.52 bits per heavy atom. The van der Waals surface area contributed by atoms with Gasteiger partial charge >= 0.3 is 6.16 Å². The molecule has 0 radical (unpaired) electrons. The van der Waals surface area contributed by atoms with E-state index in [4.69, 9.17) is 9.47 Å². The van der Waals surface area contributed by atoms with Crippen molar-refractivity contribution in [2.24, 2.45) is 0 Å². The second kappa shape index (κ2) is 6.60. The Labute approximate surface area is 134 Å². The number of carbonyl (C=O) groups is 1. The molecule has 1 aromatic heterocycles. The molecule has 5 heteroatoms. The summed E-state index contributed by atoms with van der Waals surface area (Å²) in [6.45, 7) is 7.04. The van der Waals surface area contributed by atoms with E-state index in [0.717, 1.165) is 16.8 Å². The van der Waals surface area contributed by atoms with Gasteiger partial charge in [-0.05, 0) is 51.5 Å². The number of aryl methyl sites for hydroxylation is 1. The van der Waals surface area contributed by atoms with E-state index in [-0.39, 0.29) is 5.75 Å². The first kappa shape index (κ1) is 16.7. The molecule has 0 saturated heterocycles. The Morgan fingerprint density at radius 2 is 1.87 bits per heavy atom. The zero-order chi connectivity index (χ0) is 17.0. The molecule has 0 unspecified atom stereocenters. The fourth-order valence-electron chi connectivity index (χ4n) is 1.98. The van der Waals surface area contributed by atoms with Gasteiger partial charge in [-0.15, -0.1) is 0 Å². The molecule has 0 fully saturated rings. The molecule has 0 bridgehead atoms. The van der Waals surface area contributed by atoms with Gasteiger partial charge in [0.1, 0.15) is 5.60 Å². The van der Waals surface area contributed by atoms with Crippen LogP contribution in [-0.2, 0) is 4.74 Å². The first-order chi connectivity index (χ1) is 10.8. The third kappa shape index (κ3) is 4.64. The molecule has 23 heavy (non-hydrogen) atoms. The number of hydrogen-bond donors (Lipinski definition) is 0. The van der Waals surface area contributed by atoms with Crippen LogP contribution in [0.4, 0.5) is 4.79 Å². The zero-order valence-electron chi connectivity index (χ0n) is 13.6. The number of carbonyl (C=O) groups excluding carboxylic acids is 1. The summed E-state index contributed by atoms with van der Waals surface area (Å²) in [6.07, 6.45) is 0.786. The van der Waals surface area contributed by atoms with Crippen LogP contribution in [0, 0.1) is 6.92 Å². The fourth-order valence-corrected chi connectivity index (χ4v) is 1.98. The Hall–Kier alpha value is -2.69. The van der Waals surface area contributed by atoms with Gasteiger partial charge in [-0.25, -0.2) is 4.79 Å². The third-order valence-corrected chi connectivity index (χ3v) is 2.95. The number of hydrogen-bond acceptors (Lipinski definition) is 5. The maximum absolute atomic E-state index is 12.0. The van der Waals surface area contributed by atoms with E-state index < -0.39 is 17.2 Å². The monoisotopic (exact) mass is 313 g/mol. The Bertz CT molecular complexity index is 778. The SMILES string of the molecule is Cc1ncccc1-c1cccc(=O)c(OC(=O)OC(C)(C)C)c1. The van der Waals surface area contributed by atoms with Crippen LogP contribution in [0.5, 0.6) is 5.75 Å². The second-order valence-corrected chi connectivity index (χ2v) is 6.06. The summed E-state index contributed by atoms with van der Waals surface area (Å²) in [5.74, 6) is -0.0810. The van der Waals surface area contributed by atoms with Crippen LogP contribution >= 0.6 is 0 Å². The molecule has 0 atom stereocenters. The summed E-state index contributed by atoms with van der Waals surface area (Å²) in [6, 6.07) is 9.95. The van der Waals surface area contributed by atoms with Crippen molar-refractivity contribution in [1.29, 1.82) is 0 Å². The number of aromatic nitrogens is 1. The summed E-state index contributed by atoms with van der Waals surface area (Å²) in [7, 11) is 0. The van der Waals surface area contributed by atoms with Crippen molar-refractivity contribution in [3.05, 3.63) is 58.5 Å². The summed E-state index contributed by atoms with van der Waals surface area (Å²) in [5, 5.41) is 0. The van der Waals surface area contributed by atoms with Crippen LogP contribution in [0.1, 0.15) is 26.5 Å². The summed E-state index contributed by atoms with van der Waals surface area (Å²) in [5.41, 5.74) is 1.31. The maximum Gasteiger partial charge on any atom is 0.514 e. The molecule has 120 valence electrons. The Balaban J connectivity index is 2.40. The van der Waals surface area contributed by atoms with Crippen LogP contribution in [0.2, 0.25) is 0 Å². The lowest BCUT2D eigenvalue weighted by Gasteiger charge is -2.18. The van der Waals surface area contributed by atoms with E-state index in [1.165, 1.54) is 12.1 Å². The minimum absolute atomic E-state index is 0.0810. The van der Waals surface area contributed by atoms with Gasteiger partial charge in [0.2, 0.25) is 5.43 Å². The third-order valence-electron chi connectivity index (χ3n) is 2.95. The molecule has 0 aliphatic carbocycles. The van der Waals surface area contributed by atoms with E-state index in [2.05, 4.69) is 4.98 Å². The van der Waals surface area contributed by atoms with Crippen molar-refractivity contribution < 1.29 is 14.3 Å². The van der Waals surface area contributed by atoms with E-state index in [1.54, 1.807) is 39.1 Å². The highest BCUT2D eigenvalue weighted by Crippen LogP contribution is 2.23. The number of rotatable bonds is 2. The van der Waals surface area contributed by atoms with Crippen molar-refractivity contribution in [2.75, 3.05) is 0 Å². The van der Waals surface area contributed by atoms with Gasteiger partial charge in [-0.3, -0.25) is 9.78 Å². The highest BCUT2D eigenvalue weighted by Gasteiger charge is 2.19. The summed E-state index contributed by atoms with van der Waals surface area (Å²) in [4.78, 5) is 28.1. The molecule has 0 saturated carbocycles. The highest BCUT2D eigenvalue weighted by atomic mass is 16.7. The average Bonchev–Trinajstić information content (AvgIpc) is 2.60. The van der Waals surface area contributed by atoms with Crippen LogP contribution in [0.15, 0.2) is 47.4 Å². The molecule has 0 aliphatic heterocycles. The molecule has 2 aromatic rings. The smallest absolute Gasteiger partial charge is 0.428 e. The zero-order valence-corrected chi connectivity index (χ0v) is 13.6. The highest BCUT2D eigenvalue weighted by molar-refractivity contribution is 5.69. The predicted molar refractivity (Wildman–Crippen MR) is 87.5 cm³/mol. The minimum atomic E-state index is -0.908. The molecule has 0 aliphatic rings. The minimum Gasteiger partial charge on any atom is -0.428 e. The second-order valence-electron chi connectivity index (χ2n) is 6.06. The molecular formula is C18H19NO4. The number of ether oxygens (including phenoxy) is 2. The van der Waals surface area contributed by atoms with Crippen molar-refractivity contribution in [3.63, 3.8) is 0 Å². The number of nitrogens with zero attached hydrogens (tertiary/aromatic N) is 1. The Kier molecular flexibility index (Phi) is 4.79. The molecule has 1 aromatic carbocycles. The molecule has 5 nitrogen and oxygen atoms in total. The fraction of sp³-hybridized carbons (Fsp3) is 0.278. The molecule has 1 heterocycles. The first-order valence-electron chi connectivity index (χ1n) is 7.23. The average molecular weight is 313 g/mol. The maximum atomic E-state index is 12.0. The van der Waals surface area contributed by atoms with Crippen LogP contribution in [0.3, 0.4) is 0 Å². The van der Waals surface area contributed by atoms with E-state index >= 15 is 0 Å².